The van der Waals surface area contributed by atoms with E-state index < -0.39 is 0 Å². The Kier molecular flexibility index (Phi) is 6.20. The van der Waals surface area contributed by atoms with E-state index in [9.17, 15) is 4.79 Å². The van der Waals surface area contributed by atoms with Crippen LogP contribution in [0.1, 0.15) is 28.8 Å². The molecule has 0 saturated carbocycles. The van der Waals surface area contributed by atoms with E-state index in [4.69, 9.17) is 0 Å². The van der Waals surface area contributed by atoms with Gasteiger partial charge in [0.15, 0.2) is 0 Å². The molecule has 0 N–H and O–H groups in total. The van der Waals surface area contributed by atoms with E-state index in [0.717, 1.165) is 50.1 Å². The van der Waals surface area contributed by atoms with Crippen LogP contribution in [0.4, 0.5) is 5.69 Å². The summed E-state index contributed by atoms with van der Waals surface area (Å²) < 4.78 is 0. The van der Waals surface area contributed by atoms with Gasteiger partial charge in [0.25, 0.3) is 5.91 Å². The topological polar surface area (TPSA) is 23.6 Å². The lowest BCUT2D eigenvalue weighted by atomic mass is 10.0. The lowest BCUT2D eigenvalue weighted by Gasteiger charge is -2.38. The molecule has 1 fully saturated rings. The quantitative estimate of drug-likeness (QED) is 0.584. The van der Waals surface area contributed by atoms with Crippen LogP contribution >= 0.6 is 11.3 Å². The molecular formula is C24H26N2OS. The Hall–Kier alpha value is -2.43. The number of amides is 1. The minimum absolute atomic E-state index is 0.121. The zero-order valence-corrected chi connectivity index (χ0v) is 16.9. The third kappa shape index (κ3) is 4.51. The number of benzene rings is 2. The summed E-state index contributed by atoms with van der Waals surface area (Å²) in [4.78, 5) is 17.8. The van der Waals surface area contributed by atoms with Crippen LogP contribution in [0.25, 0.3) is 0 Å². The summed E-state index contributed by atoms with van der Waals surface area (Å²) >= 11 is 1.58. The van der Waals surface area contributed by atoms with Crippen molar-refractivity contribution in [2.75, 3.05) is 24.5 Å². The van der Waals surface area contributed by atoms with Gasteiger partial charge >= 0.3 is 0 Å². The largest absolute Gasteiger partial charge is 0.305 e. The molecule has 1 aromatic heterocycles. The molecule has 0 unspecified atom stereocenters. The number of anilines is 1. The smallest absolute Gasteiger partial charge is 0.259 e. The second kappa shape index (κ2) is 9.18. The Bertz CT molecular complexity index is 856. The van der Waals surface area contributed by atoms with Crippen molar-refractivity contribution < 1.29 is 4.79 Å². The van der Waals surface area contributed by atoms with Crippen LogP contribution < -0.4 is 4.90 Å². The highest BCUT2D eigenvalue weighted by atomic mass is 32.1. The van der Waals surface area contributed by atoms with Crippen LogP contribution in [0.15, 0.2) is 77.5 Å². The first-order chi connectivity index (χ1) is 13.8. The van der Waals surface area contributed by atoms with Crippen LogP contribution in [0.3, 0.4) is 0 Å². The molecule has 28 heavy (non-hydrogen) atoms. The molecule has 0 aliphatic carbocycles. The van der Waals surface area contributed by atoms with E-state index in [1.165, 1.54) is 5.56 Å². The van der Waals surface area contributed by atoms with Crippen molar-refractivity contribution in [3.8, 4) is 0 Å². The van der Waals surface area contributed by atoms with Crippen LogP contribution in [0, 0.1) is 0 Å². The number of para-hydroxylation sites is 1. The van der Waals surface area contributed by atoms with Crippen molar-refractivity contribution in [1.29, 1.82) is 0 Å². The number of rotatable bonds is 6. The van der Waals surface area contributed by atoms with Gasteiger partial charge in [-0.05, 0) is 48.4 Å². The lowest BCUT2D eigenvalue weighted by Crippen LogP contribution is -2.48. The molecule has 4 heteroatoms. The highest BCUT2D eigenvalue weighted by Crippen LogP contribution is 2.26. The summed E-state index contributed by atoms with van der Waals surface area (Å²) in [5.74, 6) is 0.121. The predicted octanol–water partition coefficient (Wildman–Crippen LogP) is 5.10. The van der Waals surface area contributed by atoms with Crippen LogP contribution in [-0.4, -0.2) is 36.5 Å². The lowest BCUT2D eigenvalue weighted by molar-refractivity contribution is 0.0961. The van der Waals surface area contributed by atoms with Gasteiger partial charge in [-0.2, -0.15) is 11.3 Å². The minimum Gasteiger partial charge on any atom is -0.305 e. The molecule has 3 nitrogen and oxygen atoms in total. The molecule has 144 valence electrons. The minimum atomic E-state index is 0.121. The van der Waals surface area contributed by atoms with E-state index >= 15 is 0 Å². The number of nitrogens with zero attached hydrogens (tertiary/aromatic N) is 2. The van der Waals surface area contributed by atoms with Gasteiger partial charge < -0.3 is 9.80 Å². The number of piperidine rings is 1. The molecule has 0 atom stereocenters. The number of hydrogen-bond donors (Lipinski definition) is 0. The summed E-state index contributed by atoms with van der Waals surface area (Å²) in [6, 6.07) is 23.0. The standard InChI is InChI=1S/C24H26N2OS/c27-24(21-14-18-28-19-21)26(22-9-5-2-6-10-22)23-12-16-25(17-13-23)15-11-20-7-3-1-4-8-20/h1-10,14,18-19,23H,11-13,15-17H2. The summed E-state index contributed by atoms with van der Waals surface area (Å²) in [7, 11) is 0. The molecule has 2 heterocycles. The Labute approximate surface area is 171 Å². The normalized spacial score (nSPS) is 15.4. The highest BCUT2D eigenvalue weighted by molar-refractivity contribution is 7.08. The summed E-state index contributed by atoms with van der Waals surface area (Å²) in [6.07, 6.45) is 3.11. The number of hydrogen-bond acceptors (Lipinski definition) is 3. The van der Waals surface area contributed by atoms with Gasteiger partial charge in [0.1, 0.15) is 0 Å². The molecule has 1 aliphatic heterocycles. The van der Waals surface area contributed by atoms with E-state index in [-0.39, 0.29) is 11.9 Å². The Morgan fingerprint density at radius 1 is 0.964 bits per heavy atom. The highest BCUT2D eigenvalue weighted by Gasteiger charge is 2.29. The van der Waals surface area contributed by atoms with E-state index in [1.54, 1.807) is 11.3 Å². The van der Waals surface area contributed by atoms with E-state index in [1.807, 2.05) is 52.1 Å². The summed E-state index contributed by atoms with van der Waals surface area (Å²) in [5, 5.41) is 3.93. The maximum absolute atomic E-state index is 13.2. The zero-order valence-electron chi connectivity index (χ0n) is 16.0. The number of carbonyl (C=O) groups excluding carboxylic acids is 1. The van der Waals surface area contributed by atoms with Gasteiger partial charge in [-0.25, -0.2) is 0 Å². The van der Waals surface area contributed by atoms with Crippen molar-refractivity contribution in [2.45, 2.75) is 25.3 Å². The first-order valence-corrected chi connectivity index (χ1v) is 10.9. The molecule has 3 aromatic rings. The molecule has 0 bridgehead atoms. The van der Waals surface area contributed by atoms with Crippen LogP contribution in [0.5, 0.6) is 0 Å². The molecule has 1 saturated heterocycles. The molecule has 4 rings (SSSR count). The molecule has 2 aromatic carbocycles. The number of carbonyl (C=O) groups is 1. The van der Waals surface area contributed by atoms with Gasteiger partial charge in [0.2, 0.25) is 0 Å². The van der Waals surface area contributed by atoms with E-state index in [0.29, 0.717) is 0 Å². The fourth-order valence-electron chi connectivity index (χ4n) is 3.94. The first kappa shape index (κ1) is 18.9. The Morgan fingerprint density at radius 3 is 2.29 bits per heavy atom. The molecule has 1 aliphatic rings. The fraction of sp³-hybridized carbons (Fsp3) is 0.292. The van der Waals surface area contributed by atoms with Gasteiger partial charge in [-0.1, -0.05) is 48.5 Å². The summed E-state index contributed by atoms with van der Waals surface area (Å²) in [5.41, 5.74) is 3.19. The van der Waals surface area contributed by atoms with Crippen molar-refractivity contribution in [3.63, 3.8) is 0 Å². The molecular weight excluding hydrogens is 364 g/mol. The summed E-state index contributed by atoms with van der Waals surface area (Å²) in [6.45, 7) is 3.16. The van der Waals surface area contributed by atoms with Crippen molar-refractivity contribution in [1.82, 2.24) is 4.90 Å². The van der Waals surface area contributed by atoms with Gasteiger partial charge in [0.05, 0.1) is 5.56 Å². The molecule has 1 amide bonds. The van der Waals surface area contributed by atoms with Crippen molar-refractivity contribution in [3.05, 3.63) is 88.6 Å². The second-order valence-electron chi connectivity index (χ2n) is 7.33. The zero-order chi connectivity index (χ0) is 19.2. The molecule has 0 radical (unpaired) electrons. The van der Waals surface area contributed by atoms with E-state index in [2.05, 4.69) is 35.2 Å². The van der Waals surface area contributed by atoms with Crippen LogP contribution in [-0.2, 0) is 6.42 Å². The monoisotopic (exact) mass is 390 g/mol. The maximum Gasteiger partial charge on any atom is 0.259 e. The number of likely N-dealkylation sites (tertiary alicyclic amines) is 1. The second-order valence-corrected chi connectivity index (χ2v) is 8.11. The van der Waals surface area contributed by atoms with Crippen molar-refractivity contribution >= 4 is 22.9 Å². The Balaban J connectivity index is 1.42. The van der Waals surface area contributed by atoms with Crippen molar-refractivity contribution in [2.24, 2.45) is 0 Å². The average molecular weight is 391 g/mol. The fourth-order valence-corrected chi connectivity index (χ4v) is 4.57. The average Bonchev–Trinajstić information content (AvgIpc) is 3.30. The van der Waals surface area contributed by atoms with Crippen LogP contribution in [0.2, 0.25) is 0 Å². The Morgan fingerprint density at radius 2 is 1.64 bits per heavy atom. The SMILES string of the molecule is O=C(c1ccsc1)N(c1ccccc1)C1CCN(CCc2ccccc2)CC1. The van der Waals surface area contributed by atoms with Gasteiger partial charge in [-0.3, -0.25) is 4.79 Å². The third-order valence-corrected chi connectivity index (χ3v) is 6.19. The number of thiophene rings is 1. The first-order valence-electron chi connectivity index (χ1n) is 9.98. The third-order valence-electron chi connectivity index (χ3n) is 5.50. The molecule has 0 spiro atoms. The van der Waals surface area contributed by atoms with Gasteiger partial charge in [-0.15, -0.1) is 0 Å². The maximum atomic E-state index is 13.2. The van der Waals surface area contributed by atoms with Gasteiger partial charge in [0, 0.05) is 36.7 Å². The predicted molar refractivity (Wildman–Crippen MR) is 117 cm³/mol.